The second-order valence-electron chi connectivity index (χ2n) is 7.38. The molecule has 3 aliphatic heterocycles. The van der Waals surface area contributed by atoms with Gasteiger partial charge in [0.15, 0.2) is 11.5 Å². The second-order valence-corrected chi connectivity index (χ2v) is 7.38. The molecule has 1 spiro atoms. The third-order valence-corrected chi connectivity index (χ3v) is 5.86. The van der Waals surface area contributed by atoms with Crippen molar-refractivity contribution in [3.8, 4) is 11.5 Å². The molecule has 1 atom stereocenters. The van der Waals surface area contributed by atoms with Crippen LogP contribution >= 0.6 is 0 Å². The average Bonchev–Trinajstić information content (AvgIpc) is 2.95. The van der Waals surface area contributed by atoms with Crippen molar-refractivity contribution in [3.63, 3.8) is 0 Å². The number of nitrogens with one attached hydrogen (secondary N) is 1. The topological polar surface area (TPSA) is 50.8 Å². The Hall–Kier alpha value is -2.53. The summed E-state index contributed by atoms with van der Waals surface area (Å²) in [4.78, 5) is 15.1. The molecule has 1 N–H and O–H groups in total. The molecule has 1 amide bonds. The van der Waals surface area contributed by atoms with Crippen LogP contribution < -0.4 is 14.8 Å². The lowest BCUT2D eigenvalue weighted by molar-refractivity contribution is -0.122. The fraction of sp³-hybridized carbons (Fsp3) is 0.381. The number of nitrogens with zero attached hydrogens (tertiary/aromatic N) is 1. The molecule has 3 aliphatic rings. The van der Waals surface area contributed by atoms with E-state index in [4.69, 9.17) is 9.47 Å². The van der Waals surface area contributed by atoms with Crippen molar-refractivity contribution in [1.29, 1.82) is 0 Å². The van der Waals surface area contributed by atoms with Gasteiger partial charge in [-0.1, -0.05) is 30.3 Å². The van der Waals surface area contributed by atoms with Crippen LogP contribution in [0.3, 0.4) is 0 Å². The molecule has 0 radical (unpaired) electrons. The van der Waals surface area contributed by atoms with Crippen LogP contribution in [0.25, 0.3) is 0 Å². The number of para-hydroxylation sites is 3. The Morgan fingerprint density at radius 1 is 1.04 bits per heavy atom. The molecule has 3 heterocycles. The second kappa shape index (κ2) is 6.02. The molecular formula is C21H22N2O3. The van der Waals surface area contributed by atoms with Crippen molar-refractivity contribution in [2.24, 2.45) is 0 Å². The molecule has 0 aliphatic carbocycles. The van der Waals surface area contributed by atoms with Gasteiger partial charge in [0.1, 0.15) is 12.7 Å². The molecule has 1 saturated heterocycles. The van der Waals surface area contributed by atoms with Crippen LogP contribution in [0.15, 0.2) is 48.5 Å². The van der Waals surface area contributed by atoms with Crippen LogP contribution in [0.1, 0.15) is 18.4 Å². The van der Waals surface area contributed by atoms with E-state index in [1.54, 1.807) is 0 Å². The number of benzene rings is 2. The maximum absolute atomic E-state index is 12.7. The van der Waals surface area contributed by atoms with Gasteiger partial charge < -0.3 is 14.8 Å². The summed E-state index contributed by atoms with van der Waals surface area (Å²) < 4.78 is 11.9. The summed E-state index contributed by atoms with van der Waals surface area (Å²) in [5, 5.41) is 3.06. The van der Waals surface area contributed by atoms with Crippen molar-refractivity contribution in [2.45, 2.75) is 24.4 Å². The molecule has 5 heteroatoms. The maximum atomic E-state index is 12.7. The number of carbonyl (C=O) groups excluding carboxylic acids is 1. The van der Waals surface area contributed by atoms with E-state index in [1.165, 1.54) is 0 Å². The number of ether oxygens (including phenoxy) is 2. The monoisotopic (exact) mass is 350 g/mol. The van der Waals surface area contributed by atoms with Crippen LogP contribution in [-0.4, -0.2) is 43.2 Å². The van der Waals surface area contributed by atoms with Crippen molar-refractivity contribution < 1.29 is 14.3 Å². The third kappa shape index (κ3) is 2.46. The Bertz CT molecular complexity index is 843. The average molecular weight is 350 g/mol. The van der Waals surface area contributed by atoms with Gasteiger partial charge in [0, 0.05) is 12.2 Å². The van der Waals surface area contributed by atoms with Gasteiger partial charge in [0.05, 0.1) is 5.41 Å². The highest BCUT2D eigenvalue weighted by atomic mass is 16.6. The number of rotatable bonds is 2. The van der Waals surface area contributed by atoms with Gasteiger partial charge in [-0.3, -0.25) is 9.69 Å². The van der Waals surface area contributed by atoms with E-state index in [9.17, 15) is 4.79 Å². The highest BCUT2D eigenvalue weighted by Crippen LogP contribution is 2.44. The van der Waals surface area contributed by atoms with Crippen LogP contribution in [0, 0.1) is 0 Å². The van der Waals surface area contributed by atoms with Gasteiger partial charge in [-0.05, 0) is 49.7 Å². The first kappa shape index (κ1) is 15.7. The largest absolute Gasteiger partial charge is 0.486 e. The summed E-state index contributed by atoms with van der Waals surface area (Å²) in [5.74, 6) is 1.80. The van der Waals surface area contributed by atoms with Crippen LogP contribution in [-0.2, 0) is 10.2 Å². The molecule has 2 aromatic rings. The third-order valence-electron chi connectivity index (χ3n) is 5.86. The molecule has 134 valence electrons. The highest BCUT2D eigenvalue weighted by Gasteiger charge is 2.48. The number of hydrogen-bond donors (Lipinski definition) is 1. The number of fused-ring (bicyclic) bond motifs is 3. The summed E-state index contributed by atoms with van der Waals surface area (Å²) in [6, 6.07) is 15.9. The van der Waals surface area contributed by atoms with Crippen molar-refractivity contribution in [3.05, 3.63) is 54.1 Å². The molecule has 1 unspecified atom stereocenters. The molecule has 1 fully saturated rings. The number of anilines is 1. The Kier molecular flexibility index (Phi) is 3.64. The van der Waals surface area contributed by atoms with Gasteiger partial charge in [0.2, 0.25) is 5.91 Å². The highest BCUT2D eigenvalue weighted by molar-refractivity contribution is 6.06. The molecule has 0 aromatic heterocycles. The van der Waals surface area contributed by atoms with E-state index in [0.717, 1.165) is 55.2 Å². The lowest BCUT2D eigenvalue weighted by Gasteiger charge is -2.39. The predicted molar refractivity (Wildman–Crippen MR) is 98.8 cm³/mol. The number of piperidine rings is 1. The number of likely N-dealkylation sites (tertiary alicyclic amines) is 1. The lowest BCUT2D eigenvalue weighted by atomic mass is 9.73. The minimum atomic E-state index is -0.358. The standard InChI is InChI=1S/C21H22N2O3/c24-20-21(16-5-1-2-6-17(16)22-20)9-11-23(12-10-21)13-15-14-25-18-7-3-4-8-19(18)26-15/h1-8,15H,9-14H2,(H,22,24). The van der Waals surface area contributed by atoms with E-state index in [0.29, 0.717) is 6.61 Å². The first-order valence-corrected chi connectivity index (χ1v) is 9.26. The van der Waals surface area contributed by atoms with Crippen LogP contribution in [0.5, 0.6) is 11.5 Å². The molecular weight excluding hydrogens is 328 g/mol. The first-order valence-electron chi connectivity index (χ1n) is 9.26. The fourth-order valence-corrected chi connectivity index (χ4v) is 4.43. The Balaban J connectivity index is 1.25. The van der Waals surface area contributed by atoms with E-state index >= 15 is 0 Å². The Labute approximate surface area is 152 Å². The van der Waals surface area contributed by atoms with Gasteiger partial charge in [-0.15, -0.1) is 0 Å². The lowest BCUT2D eigenvalue weighted by Crippen LogP contribution is -2.50. The molecule has 0 saturated carbocycles. The molecule has 5 rings (SSSR count). The summed E-state index contributed by atoms with van der Waals surface area (Å²) >= 11 is 0. The number of carbonyl (C=O) groups is 1. The van der Waals surface area contributed by atoms with Crippen molar-refractivity contribution in [1.82, 2.24) is 4.90 Å². The van der Waals surface area contributed by atoms with E-state index in [-0.39, 0.29) is 17.4 Å². The smallest absolute Gasteiger partial charge is 0.235 e. The fourth-order valence-electron chi connectivity index (χ4n) is 4.43. The summed E-state index contributed by atoms with van der Waals surface area (Å²) in [6.45, 7) is 3.18. The molecule has 26 heavy (non-hydrogen) atoms. The predicted octanol–water partition coefficient (Wildman–Crippen LogP) is 2.81. The number of amides is 1. The minimum Gasteiger partial charge on any atom is -0.486 e. The minimum absolute atomic E-state index is 0.0311. The van der Waals surface area contributed by atoms with Crippen molar-refractivity contribution >= 4 is 11.6 Å². The SMILES string of the molecule is O=C1Nc2ccccc2C12CCN(CC1COc3ccccc3O1)CC2. The summed E-state index contributed by atoms with van der Waals surface area (Å²) in [7, 11) is 0. The van der Waals surface area contributed by atoms with E-state index in [2.05, 4.69) is 16.3 Å². The van der Waals surface area contributed by atoms with Gasteiger partial charge >= 0.3 is 0 Å². The zero-order chi connectivity index (χ0) is 17.6. The summed E-state index contributed by atoms with van der Waals surface area (Å²) in [6.07, 6.45) is 1.73. The normalized spacial score (nSPS) is 23.5. The Morgan fingerprint density at radius 3 is 2.62 bits per heavy atom. The van der Waals surface area contributed by atoms with E-state index < -0.39 is 0 Å². The zero-order valence-corrected chi connectivity index (χ0v) is 14.6. The van der Waals surface area contributed by atoms with Crippen molar-refractivity contribution in [2.75, 3.05) is 31.6 Å². The Morgan fingerprint density at radius 2 is 1.77 bits per heavy atom. The van der Waals surface area contributed by atoms with Gasteiger partial charge in [-0.25, -0.2) is 0 Å². The molecule has 2 aromatic carbocycles. The molecule has 0 bridgehead atoms. The van der Waals surface area contributed by atoms with Gasteiger partial charge in [0.25, 0.3) is 0 Å². The van der Waals surface area contributed by atoms with E-state index in [1.807, 2.05) is 42.5 Å². The molecule has 5 nitrogen and oxygen atoms in total. The van der Waals surface area contributed by atoms with Crippen LogP contribution in [0.2, 0.25) is 0 Å². The van der Waals surface area contributed by atoms with Crippen LogP contribution in [0.4, 0.5) is 5.69 Å². The zero-order valence-electron chi connectivity index (χ0n) is 14.6. The number of hydrogen-bond acceptors (Lipinski definition) is 4. The van der Waals surface area contributed by atoms with Gasteiger partial charge in [-0.2, -0.15) is 0 Å². The summed E-state index contributed by atoms with van der Waals surface area (Å²) in [5.41, 5.74) is 1.78. The quantitative estimate of drug-likeness (QED) is 0.905. The maximum Gasteiger partial charge on any atom is 0.235 e. The first-order chi connectivity index (χ1) is 12.7.